The summed E-state index contributed by atoms with van der Waals surface area (Å²) in [6.45, 7) is 4.90. The van der Waals surface area contributed by atoms with Crippen LogP contribution < -0.4 is 10.2 Å². The van der Waals surface area contributed by atoms with Gasteiger partial charge in [0.2, 0.25) is 5.95 Å². The highest BCUT2D eigenvalue weighted by molar-refractivity contribution is 5.38. The van der Waals surface area contributed by atoms with Gasteiger partial charge < -0.3 is 10.2 Å². The first kappa shape index (κ1) is 10.4. The van der Waals surface area contributed by atoms with Crippen LogP contribution in [0, 0.1) is 5.95 Å². The van der Waals surface area contributed by atoms with E-state index >= 15 is 0 Å². The van der Waals surface area contributed by atoms with Gasteiger partial charge in [-0.3, -0.25) is 0 Å². The van der Waals surface area contributed by atoms with Gasteiger partial charge in [0.15, 0.2) is 0 Å². The van der Waals surface area contributed by atoms with E-state index in [1.807, 2.05) is 6.07 Å². The molecule has 1 aliphatic heterocycles. The monoisotopic (exact) mass is 209 g/mol. The number of aromatic nitrogens is 1. The number of nitrogens with one attached hydrogen (secondary N) is 1. The predicted octanol–water partition coefficient (Wildman–Crippen LogP) is 1.41. The van der Waals surface area contributed by atoms with Crippen molar-refractivity contribution in [3.8, 4) is 0 Å². The SMILES string of the molecule is CCC1CN(c2cccc(F)n2)CCN1. The second kappa shape index (κ2) is 4.57. The molecule has 1 aliphatic rings. The van der Waals surface area contributed by atoms with Crippen molar-refractivity contribution in [1.29, 1.82) is 0 Å². The predicted molar refractivity (Wildman–Crippen MR) is 58.5 cm³/mol. The number of anilines is 1. The fourth-order valence-electron chi connectivity index (χ4n) is 1.88. The van der Waals surface area contributed by atoms with E-state index in [9.17, 15) is 4.39 Å². The van der Waals surface area contributed by atoms with E-state index in [2.05, 4.69) is 22.1 Å². The van der Waals surface area contributed by atoms with Gasteiger partial charge in [-0.1, -0.05) is 13.0 Å². The lowest BCUT2D eigenvalue weighted by Crippen LogP contribution is -2.50. The molecule has 1 fully saturated rings. The molecule has 1 aromatic rings. The van der Waals surface area contributed by atoms with E-state index in [-0.39, 0.29) is 0 Å². The Morgan fingerprint density at radius 3 is 3.20 bits per heavy atom. The fraction of sp³-hybridized carbons (Fsp3) is 0.545. The Balaban J connectivity index is 2.09. The van der Waals surface area contributed by atoms with Crippen LogP contribution in [0.2, 0.25) is 0 Å². The van der Waals surface area contributed by atoms with Crippen LogP contribution in [0.15, 0.2) is 18.2 Å². The van der Waals surface area contributed by atoms with Gasteiger partial charge in [0, 0.05) is 25.7 Å². The van der Waals surface area contributed by atoms with Gasteiger partial charge in [0.1, 0.15) is 5.82 Å². The topological polar surface area (TPSA) is 28.2 Å². The minimum Gasteiger partial charge on any atom is -0.354 e. The standard InChI is InChI=1S/C11H16FN3/c1-2-9-8-15(7-6-13-9)11-5-3-4-10(12)14-11/h3-5,9,13H,2,6-8H2,1H3. The molecule has 0 saturated carbocycles. The first-order chi connectivity index (χ1) is 7.29. The zero-order valence-corrected chi connectivity index (χ0v) is 8.91. The molecule has 4 heteroatoms. The molecular formula is C11H16FN3. The summed E-state index contributed by atoms with van der Waals surface area (Å²) >= 11 is 0. The summed E-state index contributed by atoms with van der Waals surface area (Å²) in [5.41, 5.74) is 0. The normalized spacial score (nSPS) is 21.7. The Morgan fingerprint density at radius 2 is 2.47 bits per heavy atom. The van der Waals surface area contributed by atoms with Crippen LogP contribution in [-0.2, 0) is 0 Å². The van der Waals surface area contributed by atoms with Gasteiger partial charge in [0.25, 0.3) is 0 Å². The molecule has 0 spiro atoms. The zero-order valence-electron chi connectivity index (χ0n) is 8.91. The number of halogens is 1. The van der Waals surface area contributed by atoms with Crippen molar-refractivity contribution in [3.63, 3.8) is 0 Å². The minimum absolute atomic E-state index is 0.404. The van der Waals surface area contributed by atoms with Crippen molar-refractivity contribution in [1.82, 2.24) is 10.3 Å². The molecule has 1 N–H and O–H groups in total. The summed E-state index contributed by atoms with van der Waals surface area (Å²) in [7, 11) is 0. The highest BCUT2D eigenvalue weighted by Crippen LogP contribution is 2.13. The van der Waals surface area contributed by atoms with Crippen LogP contribution in [0.25, 0.3) is 0 Å². The second-order valence-corrected chi connectivity index (χ2v) is 3.82. The van der Waals surface area contributed by atoms with Gasteiger partial charge in [-0.05, 0) is 18.6 Å². The van der Waals surface area contributed by atoms with E-state index in [0.717, 1.165) is 31.9 Å². The van der Waals surface area contributed by atoms with Crippen molar-refractivity contribution < 1.29 is 4.39 Å². The average Bonchev–Trinajstić information content (AvgIpc) is 2.29. The molecule has 1 atom stereocenters. The molecule has 0 radical (unpaired) electrons. The van der Waals surface area contributed by atoms with Crippen LogP contribution in [0.5, 0.6) is 0 Å². The third-order valence-corrected chi connectivity index (χ3v) is 2.77. The van der Waals surface area contributed by atoms with E-state index < -0.39 is 5.95 Å². The van der Waals surface area contributed by atoms with Crippen LogP contribution in [0.1, 0.15) is 13.3 Å². The van der Waals surface area contributed by atoms with Crippen LogP contribution in [-0.4, -0.2) is 30.7 Å². The van der Waals surface area contributed by atoms with Gasteiger partial charge >= 0.3 is 0 Å². The average molecular weight is 209 g/mol. The van der Waals surface area contributed by atoms with E-state index in [1.54, 1.807) is 6.07 Å². The Labute approximate surface area is 89.3 Å². The van der Waals surface area contributed by atoms with Gasteiger partial charge in [-0.2, -0.15) is 4.39 Å². The second-order valence-electron chi connectivity index (χ2n) is 3.82. The molecular weight excluding hydrogens is 193 g/mol. The lowest BCUT2D eigenvalue weighted by Gasteiger charge is -2.34. The largest absolute Gasteiger partial charge is 0.354 e. The molecule has 0 aromatic carbocycles. The fourth-order valence-corrected chi connectivity index (χ4v) is 1.88. The molecule has 1 saturated heterocycles. The minimum atomic E-state index is -0.404. The Hall–Kier alpha value is -1.16. The maximum Gasteiger partial charge on any atom is 0.214 e. The molecule has 0 amide bonds. The van der Waals surface area contributed by atoms with E-state index in [1.165, 1.54) is 6.07 Å². The van der Waals surface area contributed by atoms with Gasteiger partial charge in [-0.15, -0.1) is 0 Å². The first-order valence-corrected chi connectivity index (χ1v) is 5.40. The highest BCUT2D eigenvalue weighted by atomic mass is 19.1. The van der Waals surface area contributed by atoms with Crippen molar-refractivity contribution in [2.24, 2.45) is 0 Å². The molecule has 15 heavy (non-hydrogen) atoms. The summed E-state index contributed by atoms with van der Waals surface area (Å²) in [5.74, 6) is 0.342. The molecule has 1 aromatic heterocycles. The number of hydrogen-bond acceptors (Lipinski definition) is 3. The molecule has 82 valence electrons. The van der Waals surface area contributed by atoms with Crippen molar-refractivity contribution in [2.45, 2.75) is 19.4 Å². The van der Waals surface area contributed by atoms with E-state index in [0.29, 0.717) is 6.04 Å². The zero-order chi connectivity index (χ0) is 10.7. The number of nitrogens with zero attached hydrogens (tertiary/aromatic N) is 2. The molecule has 2 heterocycles. The molecule has 1 unspecified atom stereocenters. The molecule has 0 aliphatic carbocycles. The Bertz CT molecular complexity index is 329. The lowest BCUT2D eigenvalue weighted by atomic mass is 10.1. The van der Waals surface area contributed by atoms with Gasteiger partial charge in [0.05, 0.1) is 0 Å². The van der Waals surface area contributed by atoms with E-state index in [4.69, 9.17) is 0 Å². The number of piperazine rings is 1. The van der Waals surface area contributed by atoms with Crippen molar-refractivity contribution in [2.75, 3.05) is 24.5 Å². The van der Waals surface area contributed by atoms with Crippen LogP contribution >= 0.6 is 0 Å². The number of hydrogen-bond donors (Lipinski definition) is 1. The summed E-state index contributed by atoms with van der Waals surface area (Å²) in [6.07, 6.45) is 1.09. The maximum absolute atomic E-state index is 12.9. The van der Waals surface area contributed by atoms with Crippen molar-refractivity contribution >= 4 is 5.82 Å². The quantitative estimate of drug-likeness (QED) is 0.746. The molecule has 0 bridgehead atoms. The van der Waals surface area contributed by atoms with Crippen molar-refractivity contribution in [3.05, 3.63) is 24.1 Å². The maximum atomic E-state index is 12.9. The van der Waals surface area contributed by atoms with Crippen LogP contribution in [0.4, 0.5) is 10.2 Å². The smallest absolute Gasteiger partial charge is 0.214 e. The number of rotatable bonds is 2. The van der Waals surface area contributed by atoms with Crippen LogP contribution in [0.3, 0.4) is 0 Å². The third-order valence-electron chi connectivity index (χ3n) is 2.77. The highest BCUT2D eigenvalue weighted by Gasteiger charge is 2.18. The summed E-state index contributed by atoms with van der Waals surface area (Å²) in [4.78, 5) is 6.03. The summed E-state index contributed by atoms with van der Waals surface area (Å²) in [5, 5.41) is 3.42. The van der Waals surface area contributed by atoms with Gasteiger partial charge in [-0.25, -0.2) is 4.98 Å². The third kappa shape index (κ3) is 2.45. The summed E-state index contributed by atoms with van der Waals surface area (Å²) < 4.78 is 12.9. The number of pyridine rings is 1. The Kier molecular flexibility index (Phi) is 3.16. The first-order valence-electron chi connectivity index (χ1n) is 5.40. The summed E-state index contributed by atoms with van der Waals surface area (Å²) in [6, 6.07) is 5.44. The molecule has 3 nitrogen and oxygen atoms in total. The lowest BCUT2D eigenvalue weighted by molar-refractivity contribution is 0.443. The Morgan fingerprint density at radius 1 is 1.60 bits per heavy atom. The molecule has 2 rings (SSSR count).